The molecular weight excluding hydrogens is 436 g/mol. The van der Waals surface area contributed by atoms with Gasteiger partial charge < -0.3 is 16.2 Å². The molecule has 1 aliphatic heterocycles. The smallest absolute Gasteiger partial charge is 0.273 e. The Morgan fingerprint density at radius 3 is 2.62 bits per heavy atom. The summed E-state index contributed by atoms with van der Waals surface area (Å²) in [4.78, 5) is 16.3. The average Bonchev–Trinajstić information content (AvgIpc) is 3.18. The molecule has 2 aromatic carbocycles. The van der Waals surface area contributed by atoms with Crippen LogP contribution in [0.25, 0.3) is 0 Å². The number of hydrazone groups is 1. The minimum atomic E-state index is -1.02. The van der Waals surface area contributed by atoms with Gasteiger partial charge in [0.2, 0.25) is 0 Å². The molecule has 0 radical (unpaired) electrons. The molecule has 0 aromatic heterocycles. The molecule has 32 heavy (non-hydrogen) atoms. The molecule has 2 atom stereocenters. The van der Waals surface area contributed by atoms with Gasteiger partial charge in [0.05, 0.1) is 0 Å². The van der Waals surface area contributed by atoms with Crippen LogP contribution < -0.4 is 11.5 Å². The van der Waals surface area contributed by atoms with Crippen LogP contribution in [0.1, 0.15) is 30.9 Å². The predicted molar refractivity (Wildman–Crippen MR) is 122 cm³/mol. The number of ether oxygens (including phenoxy) is 1. The first-order valence-corrected chi connectivity index (χ1v) is 10.8. The Labute approximate surface area is 189 Å². The van der Waals surface area contributed by atoms with Crippen molar-refractivity contribution in [3.8, 4) is 0 Å². The van der Waals surface area contributed by atoms with Crippen molar-refractivity contribution in [3.63, 3.8) is 0 Å². The number of benzene rings is 2. The fourth-order valence-corrected chi connectivity index (χ4v) is 4.80. The lowest BCUT2D eigenvalue weighted by Gasteiger charge is -2.36. The van der Waals surface area contributed by atoms with Crippen molar-refractivity contribution >= 4 is 28.7 Å². The van der Waals surface area contributed by atoms with Gasteiger partial charge in [0.1, 0.15) is 27.7 Å². The highest BCUT2D eigenvalue weighted by molar-refractivity contribution is 8.15. The van der Waals surface area contributed by atoms with E-state index < -0.39 is 28.5 Å². The molecule has 0 saturated heterocycles. The van der Waals surface area contributed by atoms with Gasteiger partial charge in [-0.2, -0.15) is 5.10 Å². The zero-order valence-corrected chi connectivity index (χ0v) is 18.6. The summed E-state index contributed by atoms with van der Waals surface area (Å²) in [6.07, 6.45) is 0.126. The number of guanidine groups is 1. The van der Waals surface area contributed by atoms with Crippen molar-refractivity contribution in [2.24, 2.45) is 21.6 Å². The van der Waals surface area contributed by atoms with E-state index in [0.717, 1.165) is 23.8 Å². The number of carbonyl (C=O) groups excluding carboxylic acids is 1. The van der Waals surface area contributed by atoms with Gasteiger partial charge in [-0.1, -0.05) is 42.1 Å². The van der Waals surface area contributed by atoms with Gasteiger partial charge in [-0.05, 0) is 43.5 Å². The number of amides is 1. The Morgan fingerprint density at radius 2 is 1.97 bits per heavy atom. The fourth-order valence-electron chi connectivity index (χ4n) is 3.37. The predicted octanol–water partition coefficient (Wildman–Crippen LogP) is 3.14. The summed E-state index contributed by atoms with van der Waals surface area (Å²) in [5.41, 5.74) is 11.6. The lowest BCUT2D eigenvalue weighted by Crippen LogP contribution is -2.45. The first-order valence-electron chi connectivity index (χ1n) is 9.99. The number of hydrogen-bond donors (Lipinski definition) is 2. The van der Waals surface area contributed by atoms with Crippen LogP contribution in [0.15, 0.2) is 58.6 Å². The summed E-state index contributed by atoms with van der Waals surface area (Å²) < 4.78 is 33.7. The largest absolute Gasteiger partial charge is 0.372 e. The van der Waals surface area contributed by atoms with Crippen molar-refractivity contribution in [1.29, 1.82) is 0 Å². The molecule has 0 saturated carbocycles. The van der Waals surface area contributed by atoms with Gasteiger partial charge >= 0.3 is 0 Å². The number of nitrogens with two attached hydrogens (primary N) is 2. The van der Waals surface area contributed by atoms with E-state index in [2.05, 4.69) is 10.1 Å². The lowest BCUT2D eigenvalue weighted by atomic mass is 10.00. The molecule has 170 valence electrons. The fraction of sp³-hybridized carbons (Fsp3) is 0.318. The summed E-state index contributed by atoms with van der Waals surface area (Å²) in [6, 6.07) is 12.4. The van der Waals surface area contributed by atoms with E-state index in [-0.39, 0.29) is 16.6 Å². The third kappa shape index (κ3) is 4.91. The van der Waals surface area contributed by atoms with Crippen LogP contribution in [-0.2, 0) is 14.4 Å². The molecule has 2 aromatic rings. The summed E-state index contributed by atoms with van der Waals surface area (Å²) in [6.45, 7) is 1.95. The van der Waals surface area contributed by atoms with Gasteiger partial charge in [0.15, 0.2) is 5.96 Å². The zero-order valence-electron chi connectivity index (χ0n) is 17.8. The van der Waals surface area contributed by atoms with Gasteiger partial charge in [-0.25, -0.2) is 13.8 Å². The van der Waals surface area contributed by atoms with E-state index in [0.29, 0.717) is 19.4 Å². The van der Waals surface area contributed by atoms with E-state index in [1.54, 1.807) is 6.92 Å². The highest BCUT2D eigenvalue weighted by Gasteiger charge is 2.49. The van der Waals surface area contributed by atoms with Crippen LogP contribution in [0.2, 0.25) is 0 Å². The summed E-state index contributed by atoms with van der Waals surface area (Å²) in [5, 5.41) is 5.98. The quantitative estimate of drug-likeness (QED) is 0.357. The molecule has 3 rings (SSSR count). The first-order chi connectivity index (χ1) is 15.3. The number of nitrogens with zero attached hydrogens (tertiary/aromatic N) is 3. The highest BCUT2D eigenvalue weighted by atomic mass is 32.2. The van der Waals surface area contributed by atoms with Crippen LogP contribution in [0.5, 0.6) is 0 Å². The number of halogens is 2. The minimum absolute atomic E-state index is 0.0140. The van der Waals surface area contributed by atoms with E-state index >= 15 is 0 Å². The molecule has 1 heterocycles. The Morgan fingerprint density at radius 1 is 1.25 bits per heavy atom. The normalized spacial score (nSPS) is 18.9. The topological polar surface area (TPSA) is 106 Å². The number of aliphatic imine (C=N–C) groups is 1. The summed E-state index contributed by atoms with van der Waals surface area (Å²) >= 11 is 1.19. The van der Waals surface area contributed by atoms with Crippen molar-refractivity contribution in [3.05, 3.63) is 71.3 Å². The Kier molecular flexibility index (Phi) is 7.47. The van der Waals surface area contributed by atoms with Gasteiger partial charge in [0, 0.05) is 19.2 Å². The van der Waals surface area contributed by atoms with Crippen molar-refractivity contribution in [2.45, 2.75) is 30.7 Å². The molecule has 1 aliphatic rings. The van der Waals surface area contributed by atoms with Crippen LogP contribution in [0.4, 0.5) is 8.78 Å². The molecule has 0 spiro atoms. The lowest BCUT2D eigenvalue weighted by molar-refractivity contribution is -0.144. The van der Waals surface area contributed by atoms with Crippen LogP contribution >= 0.6 is 11.8 Å². The van der Waals surface area contributed by atoms with Crippen LogP contribution in [0.3, 0.4) is 0 Å². The Bertz CT molecular complexity index is 1030. The van der Waals surface area contributed by atoms with E-state index in [4.69, 9.17) is 16.2 Å². The van der Waals surface area contributed by atoms with Crippen LogP contribution in [-0.4, -0.2) is 41.7 Å². The highest BCUT2D eigenvalue weighted by Crippen LogP contribution is 2.50. The van der Waals surface area contributed by atoms with E-state index in [1.807, 2.05) is 30.3 Å². The molecule has 1 amide bonds. The summed E-state index contributed by atoms with van der Waals surface area (Å²) in [7, 11) is 1.42. The molecule has 0 aliphatic carbocycles. The number of rotatable bonds is 8. The number of carbonyl (C=O) groups is 1. The maximum atomic E-state index is 14.6. The molecule has 4 N–H and O–H groups in total. The average molecular weight is 462 g/mol. The van der Waals surface area contributed by atoms with Crippen molar-refractivity contribution in [1.82, 2.24) is 5.01 Å². The monoisotopic (exact) mass is 461 g/mol. The first kappa shape index (κ1) is 23.7. The maximum absolute atomic E-state index is 14.6. The van der Waals surface area contributed by atoms with Crippen molar-refractivity contribution < 1.29 is 18.3 Å². The maximum Gasteiger partial charge on any atom is 0.273 e. The standard InChI is InChI=1S/C22H25F2N5O2S/c1-14(31-2)20(30)29-22(11-6-12-27-21(25)26,15-7-4-3-5-8-15)32-19(28-29)17-13-16(23)9-10-18(17)24/h3-5,7-10,13-14H,6,11-12H2,1-2H3,(H4,25,26,27)/t14-,22?/m0/s1. The third-order valence-electron chi connectivity index (χ3n) is 5.06. The van der Waals surface area contributed by atoms with Gasteiger partial charge in [-0.3, -0.25) is 9.79 Å². The number of thioether (sulfide) groups is 1. The molecule has 7 nitrogen and oxygen atoms in total. The zero-order chi connectivity index (χ0) is 23.3. The molecule has 1 unspecified atom stereocenters. The second-order valence-electron chi connectivity index (χ2n) is 7.22. The van der Waals surface area contributed by atoms with Gasteiger partial charge in [0.25, 0.3) is 5.91 Å². The Hall–Kier alpha value is -2.98. The number of hydrogen-bond acceptors (Lipinski definition) is 5. The van der Waals surface area contributed by atoms with Crippen LogP contribution in [0, 0.1) is 11.6 Å². The molecule has 10 heteroatoms. The third-order valence-corrected chi connectivity index (χ3v) is 6.51. The Balaban J connectivity index is 2.10. The van der Waals surface area contributed by atoms with Crippen molar-refractivity contribution in [2.75, 3.05) is 13.7 Å². The molecule has 0 fully saturated rings. The van der Waals surface area contributed by atoms with E-state index in [1.165, 1.54) is 23.9 Å². The van der Waals surface area contributed by atoms with Gasteiger partial charge in [-0.15, -0.1) is 0 Å². The minimum Gasteiger partial charge on any atom is -0.372 e. The SMILES string of the molecule is CO[C@@H](C)C(=O)N1N=C(c2cc(F)ccc2F)SC1(CCCN=C(N)N)c1ccccc1. The summed E-state index contributed by atoms with van der Waals surface area (Å²) in [5.74, 6) is -1.66. The molecule has 0 bridgehead atoms. The molecular formula is C22H25F2N5O2S. The second kappa shape index (κ2) is 10.1. The van der Waals surface area contributed by atoms with E-state index in [9.17, 15) is 13.6 Å². The number of methoxy groups -OCH3 is 1. The second-order valence-corrected chi connectivity index (χ2v) is 8.49.